The van der Waals surface area contributed by atoms with E-state index in [4.69, 9.17) is 4.74 Å². The maximum absolute atomic E-state index is 10.9. The topological polar surface area (TPSA) is 26.3 Å². The molecule has 0 N–H and O–H groups in total. The zero-order chi connectivity index (χ0) is 8.55. The van der Waals surface area contributed by atoms with Crippen molar-refractivity contribution >= 4 is 5.97 Å². The number of rotatable bonds is 1. The Morgan fingerprint density at radius 3 is 3.08 bits per heavy atom. The predicted molar refractivity (Wildman–Crippen MR) is 45.2 cm³/mol. The number of aryl methyl sites for hydroxylation is 1. The number of carbonyl (C=O) groups is 1. The van der Waals surface area contributed by atoms with E-state index in [0.717, 1.165) is 17.7 Å². The molecule has 0 aliphatic carbocycles. The van der Waals surface area contributed by atoms with Gasteiger partial charge in [-0.3, -0.25) is 4.79 Å². The number of esters is 1. The minimum Gasteiger partial charge on any atom is -0.426 e. The molecule has 0 fully saturated rings. The van der Waals surface area contributed by atoms with Crippen molar-refractivity contribution in [2.24, 2.45) is 0 Å². The van der Waals surface area contributed by atoms with E-state index in [1.54, 1.807) is 0 Å². The molecule has 0 amide bonds. The number of fused-ring (bicyclic) bond motifs is 1. The summed E-state index contributed by atoms with van der Waals surface area (Å²) in [7, 11) is 0. The Morgan fingerprint density at radius 1 is 1.50 bits per heavy atom. The molecule has 0 unspecified atom stereocenters. The number of benzene rings is 1. The van der Waals surface area contributed by atoms with Crippen LogP contribution in [0.5, 0.6) is 5.75 Å². The third kappa shape index (κ3) is 1.09. The first-order valence-electron chi connectivity index (χ1n) is 4.12. The first-order valence-corrected chi connectivity index (χ1v) is 4.12. The molecule has 12 heavy (non-hydrogen) atoms. The first kappa shape index (κ1) is 7.35. The fourth-order valence-electron chi connectivity index (χ4n) is 1.37. The number of hydrogen-bond donors (Lipinski definition) is 0. The molecule has 0 atom stereocenters. The van der Waals surface area contributed by atoms with Crippen molar-refractivity contribution in [2.75, 3.05) is 0 Å². The lowest BCUT2D eigenvalue weighted by Gasteiger charge is -1.99. The molecule has 0 aromatic heterocycles. The Balaban J connectivity index is 2.41. The van der Waals surface area contributed by atoms with Crippen molar-refractivity contribution in [3.8, 4) is 5.75 Å². The number of ether oxygens (including phenoxy) is 1. The highest BCUT2D eigenvalue weighted by Gasteiger charge is 2.19. The van der Waals surface area contributed by atoms with Crippen LogP contribution in [0.2, 0.25) is 0 Å². The van der Waals surface area contributed by atoms with E-state index in [1.807, 2.05) is 18.2 Å². The van der Waals surface area contributed by atoms with Gasteiger partial charge in [-0.05, 0) is 18.1 Å². The van der Waals surface area contributed by atoms with Crippen LogP contribution in [0.1, 0.15) is 18.1 Å². The second kappa shape index (κ2) is 2.63. The minimum atomic E-state index is -0.141. The van der Waals surface area contributed by atoms with E-state index in [1.165, 1.54) is 5.56 Å². The van der Waals surface area contributed by atoms with Crippen molar-refractivity contribution in [1.82, 2.24) is 0 Å². The molecule has 0 spiro atoms. The lowest BCUT2D eigenvalue weighted by Crippen LogP contribution is -2.00. The van der Waals surface area contributed by atoms with Crippen LogP contribution in [0.3, 0.4) is 0 Å². The van der Waals surface area contributed by atoms with Crippen LogP contribution in [0, 0.1) is 0 Å². The average molecular weight is 162 g/mol. The Labute approximate surface area is 71.2 Å². The summed E-state index contributed by atoms with van der Waals surface area (Å²) in [5, 5.41) is 0. The van der Waals surface area contributed by atoms with Gasteiger partial charge in [0.15, 0.2) is 0 Å². The zero-order valence-corrected chi connectivity index (χ0v) is 6.96. The van der Waals surface area contributed by atoms with Crippen LogP contribution in [0.15, 0.2) is 18.2 Å². The van der Waals surface area contributed by atoms with E-state index in [2.05, 4.69) is 6.92 Å². The lowest BCUT2D eigenvalue weighted by atomic mass is 10.1. The van der Waals surface area contributed by atoms with Gasteiger partial charge in [0.25, 0.3) is 0 Å². The SMILES string of the molecule is CCc1ccc2c(c1)OC(=O)C2. The zero-order valence-electron chi connectivity index (χ0n) is 6.96. The molecule has 2 nitrogen and oxygen atoms in total. The molecule has 2 heteroatoms. The molecule has 1 aromatic rings. The highest BCUT2D eigenvalue weighted by atomic mass is 16.5. The van der Waals surface area contributed by atoms with Gasteiger partial charge in [0.2, 0.25) is 0 Å². The first-order chi connectivity index (χ1) is 5.79. The molecule has 1 aromatic carbocycles. The Kier molecular flexibility index (Phi) is 1.61. The summed E-state index contributed by atoms with van der Waals surface area (Å²) in [5.41, 5.74) is 2.22. The fraction of sp³-hybridized carbons (Fsp3) is 0.300. The van der Waals surface area contributed by atoms with Crippen LogP contribution in [-0.2, 0) is 17.6 Å². The molecular formula is C10H10O2. The number of hydrogen-bond acceptors (Lipinski definition) is 2. The lowest BCUT2D eigenvalue weighted by molar-refractivity contribution is -0.131. The van der Waals surface area contributed by atoms with Crippen molar-refractivity contribution in [1.29, 1.82) is 0 Å². The molecule has 1 heterocycles. The van der Waals surface area contributed by atoms with Gasteiger partial charge in [-0.1, -0.05) is 19.1 Å². The van der Waals surface area contributed by atoms with Crippen LogP contribution >= 0.6 is 0 Å². The van der Waals surface area contributed by atoms with Gasteiger partial charge in [0.05, 0.1) is 6.42 Å². The maximum atomic E-state index is 10.9. The van der Waals surface area contributed by atoms with Gasteiger partial charge in [-0.25, -0.2) is 0 Å². The van der Waals surface area contributed by atoms with E-state index in [9.17, 15) is 4.79 Å². The molecule has 0 saturated carbocycles. The summed E-state index contributed by atoms with van der Waals surface area (Å²) in [6.45, 7) is 2.08. The summed E-state index contributed by atoms with van der Waals surface area (Å²) in [4.78, 5) is 10.9. The molecule has 62 valence electrons. The summed E-state index contributed by atoms with van der Waals surface area (Å²) in [6.07, 6.45) is 1.41. The van der Waals surface area contributed by atoms with Crippen molar-refractivity contribution in [3.05, 3.63) is 29.3 Å². The molecule has 2 rings (SSSR count). The van der Waals surface area contributed by atoms with Crippen LogP contribution < -0.4 is 4.74 Å². The van der Waals surface area contributed by atoms with Gasteiger partial charge in [-0.15, -0.1) is 0 Å². The molecule has 1 aliphatic rings. The normalized spacial score (nSPS) is 14.2. The third-order valence-corrected chi connectivity index (χ3v) is 2.10. The Hall–Kier alpha value is -1.31. The molecule has 0 radical (unpaired) electrons. The standard InChI is InChI=1S/C10H10O2/c1-2-7-3-4-8-6-10(11)12-9(8)5-7/h3-5H,2,6H2,1H3. The van der Waals surface area contributed by atoms with E-state index < -0.39 is 0 Å². The van der Waals surface area contributed by atoms with Crippen LogP contribution in [-0.4, -0.2) is 5.97 Å². The van der Waals surface area contributed by atoms with E-state index >= 15 is 0 Å². The average Bonchev–Trinajstić information content (AvgIpc) is 2.43. The van der Waals surface area contributed by atoms with Crippen molar-refractivity contribution in [3.63, 3.8) is 0 Å². The summed E-state index contributed by atoms with van der Waals surface area (Å²) < 4.78 is 5.01. The molecule has 0 saturated heterocycles. The third-order valence-electron chi connectivity index (χ3n) is 2.10. The van der Waals surface area contributed by atoms with Gasteiger partial charge < -0.3 is 4.74 Å². The molecule has 1 aliphatic heterocycles. The maximum Gasteiger partial charge on any atom is 0.315 e. The fourth-order valence-corrected chi connectivity index (χ4v) is 1.37. The van der Waals surface area contributed by atoms with Gasteiger partial charge in [0, 0.05) is 5.56 Å². The summed E-state index contributed by atoms with van der Waals surface area (Å²) in [5.74, 6) is 0.609. The van der Waals surface area contributed by atoms with Crippen molar-refractivity contribution in [2.45, 2.75) is 19.8 Å². The monoisotopic (exact) mass is 162 g/mol. The highest BCUT2D eigenvalue weighted by Crippen LogP contribution is 2.26. The highest BCUT2D eigenvalue weighted by molar-refractivity contribution is 5.81. The quantitative estimate of drug-likeness (QED) is 0.464. The van der Waals surface area contributed by atoms with E-state index in [-0.39, 0.29) is 5.97 Å². The molecule has 0 bridgehead atoms. The second-order valence-corrected chi connectivity index (χ2v) is 2.95. The van der Waals surface area contributed by atoms with Crippen LogP contribution in [0.25, 0.3) is 0 Å². The Bertz CT molecular complexity index is 329. The molecular weight excluding hydrogens is 152 g/mol. The van der Waals surface area contributed by atoms with Gasteiger partial charge in [0.1, 0.15) is 5.75 Å². The second-order valence-electron chi connectivity index (χ2n) is 2.95. The summed E-state index contributed by atoms with van der Waals surface area (Å²) >= 11 is 0. The number of carbonyl (C=O) groups excluding carboxylic acids is 1. The Morgan fingerprint density at radius 2 is 2.33 bits per heavy atom. The predicted octanol–water partition coefficient (Wildman–Crippen LogP) is 1.71. The van der Waals surface area contributed by atoms with Gasteiger partial charge >= 0.3 is 5.97 Å². The largest absolute Gasteiger partial charge is 0.426 e. The minimum absolute atomic E-state index is 0.141. The summed E-state index contributed by atoms with van der Waals surface area (Å²) in [6, 6.07) is 5.96. The van der Waals surface area contributed by atoms with Gasteiger partial charge in [-0.2, -0.15) is 0 Å². The van der Waals surface area contributed by atoms with E-state index in [0.29, 0.717) is 6.42 Å². The smallest absolute Gasteiger partial charge is 0.315 e. The van der Waals surface area contributed by atoms with Crippen molar-refractivity contribution < 1.29 is 9.53 Å². The van der Waals surface area contributed by atoms with Crippen LogP contribution in [0.4, 0.5) is 0 Å².